The summed E-state index contributed by atoms with van der Waals surface area (Å²) in [7, 11) is 0. The Labute approximate surface area is 177 Å². The highest BCUT2D eigenvalue weighted by molar-refractivity contribution is 6.30. The van der Waals surface area contributed by atoms with Crippen molar-refractivity contribution in [3.63, 3.8) is 0 Å². The molecule has 0 spiro atoms. The molecule has 7 heteroatoms. The fourth-order valence-corrected chi connectivity index (χ4v) is 3.31. The lowest BCUT2D eigenvalue weighted by Crippen LogP contribution is -2.45. The Morgan fingerprint density at radius 1 is 1.11 bits per heavy atom. The highest BCUT2D eigenvalue weighted by atomic mass is 35.5. The van der Waals surface area contributed by atoms with Gasteiger partial charge < -0.3 is 15.8 Å². The van der Waals surface area contributed by atoms with E-state index in [0.29, 0.717) is 23.7 Å². The van der Waals surface area contributed by atoms with Crippen LogP contribution in [0.25, 0.3) is 0 Å². The normalized spacial score (nSPS) is 14.9. The molecule has 0 radical (unpaired) electrons. The maximum Gasteiger partial charge on any atom is 0.251 e. The molecule has 1 amide bonds. The van der Waals surface area contributed by atoms with Gasteiger partial charge in [-0.2, -0.15) is 0 Å². The highest BCUT2D eigenvalue weighted by Gasteiger charge is 2.21. The Morgan fingerprint density at radius 3 is 2.36 bits per heavy atom. The van der Waals surface area contributed by atoms with Gasteiger partial charge in [-0.25, -0.2) is 0 Å². The fraction of sp³-hybridized carbons (Fsp3) is 0.381. The smallest absolute Gasteiger partial charge is 0.251 e. The molecule has 3 N–H and O–H groups in total. The van der Waals surface area contributed by atoms with Crippen LogP contribution in [0.3, 0.4) is 0 Å². The minimum Gasteiger partial charge on any atom is -0.492 e. The Kier molecular flexibility index (Phi) is 9.06. The van der Waals surface area contributed by atoms with E-state index in [-0.39, 0.29) is 24.4 Å². The number of carbonyl (C=O) groups is 1. The van der Waals surface area contributed by atoms with Crippen LogP contribution in [0.5, 0.6) is 5.75 Å². The van der Waals surface area contributed by atoms with Crippen molar-refractivity contribution < 1.29 is 9.53 Å². The summed E-state index contributed by atoms with van der Waals surface area (Å²) >= 11 is 5.87. The number of ether oxygens (including phenoxy) is 1. The fourth-order valence-electron chi connectivity index (χ4n) is 3.19. The zero-order valence-electron chi connectivity index (χ0n) is 15.8. The standard InChI is InChI=1S/C21H26ClN3O2.ClH/c22-18-5-7-20(8-6-18)27-14-13-25-11-9-19(10-12-25)24-21(26)17-3-1-16(15-23)2-4-17;/h1-8,19H,9-15,23H2,(H,24,26);1H. The van der Waals surface area contributed by atoms with Crippen LogP contribution in [0.15, 0.2) is 48.5 Å². The first-order valence-electron chi connectivity index (χ1n) is 9.34. The molecule has 1 aliphatic rings. The lowest BCUT2D eigenvalue weighted by molar-refractivity contribution is 0.0905. The van der Waals surface area contributed by atoms with Gasteiger partial charge in [-0.15, -0.1) is 12.4 Å². The van der Waals surface area contributed by atoms with Crippen LogP contribution in [0.2, 0.25) is 5.02 Å². The topological polar surface area (TPSA) is 67.6 Å². The average Bonchev–Trinajstić information content (AvgIpc) is 2.71. The maximum atomic E-state index is 12.4. The molecule has 0 aliphatic carbocycles. The molecule has 0 atom stereocenters. The molecule has 0 bridgehead atoms. The first-order chi connectivity index (χ1) is 13.1. The van der Waals surface area contributed by atoms with E-state index < -0.39 is 0 Å². The second-order valence-electron chi connectivity index (χ2n) is 6.79. The van der Waals surface area contributed by atoms with Crippen LogP contribution in [-0.2, 0) is 6.54 Å². The number of nitrogens with two attached hydrogens (primary N) is 1. The Hall–Kier alpha value is -1.79. The van der Waals surface area contributed by atoms with Crippen molar-refractivity contribution in [2.24, 2.45) is 5.73 Å². The maximum absolute atomic E-state index is 12.4. The number of benzene rings is 2. The van der Waals surface area contributed by atoms with Crippen molar-refractivity contribution in [3.05, 3.63) is 64.7 Å². The quantitative estimate of drug-likeness (QED) is 0.714. The SMILES string of the molecule is Cl.NCc1ccc(C(=O)NC2CCN(CCOc3ccc(Cl)cc3)CC2)cc1. The van der Waals surface area contributed by atoms with Gasteiger partial charge in [0.2, 0.25) is 0 Å². The number of rotatable bonds is 7. The van der Waals surface area contributed by atoms with Gasteiger partial charge in [0.05, 0.1) is 0 Å². The van der Waals surface area contributed by atoms with Gasteiger partial charge in [0.1, 0.15) is 12.4 Å². The molecule has 2 aromatic carbocycles. The van der Waals surface area contributed by atoms with E-state index in [1.54, 1.807) is 0 Å². The number of hydrogen-bond donors (Lipinski definition) is 2. The van der Waals surface area contributed by atoms with Crippen LogP contribution < -0.4 is 15.8 Å². The summed E-state index contributed by atoms with van der Waals surface area (Å²) in [6.45, 7) is 3.93. The molecule has 0 saturated carbocycles. The van der Waals surface area contributed by atoms with E-state index in [4.69, 9.17) is 22.1 Å². The summed E-state index contributed by atoms with van der Waals surface area (Å²) < 4.78 is 5.75. The number of nitrogens with zero attached hydrogens (tertiary/aromatic N) is 1. The van der Waals surface area contributed by atoms with E-state index >= 15 is 0 Å². The summed E-state index contributed by atoms with van der Waals surface area (Å²) in [4.78, 5) is 14.7. The molecule has 5 nitrogen and oxygen atoms in total. The summed E-state index contributed by atoms with van der Waals surface area (Å²) in [6, 6.07) is 15.1. The van der Waals surface area contributed by atoms with Crippen molar-refractivity contribution >= 4 is 29.9 Å². The predicted molar refractivity (Wildman–Crippen MR) is 115 cm³/mol. The van der Waals surface area contributed by atoms with E-state index in [1.807, 2.05) is 48.5 Å². The molecule has 3 rings (SSSR count). The third-order valence-corrected chi connectivity index (χ3v) is 5.12. The first-order valence-corrected chi connectivity index (χ1v) is 9.72. The highest BCUT2D eigenvalue weighted by Crippen LogP contribution is 2.16. The number of hydrogen-bond acceptors (Lipinski definition) is 4. The third-order valence-electron chi connectivity index (χ3n) is 4.86. The minimum atomic E-state index is -0.0110. The molecule has 0 unspecified atom stereocenters. The predicted octanol–water partition coefficient (Wildman–Crippen LogP) is 3.49. The monoisotopic (exact) mass is 423 g/mol. The van der Waals surface area contributed by atoms with Gasteiger partial charge in [0, 0.05) is 42.8 Å². The van der Waals surface area contributed by atoms with Crippen molar-refractivity contribution in [1.29, 1.82) is 0 Å². The molecular weight excluding hydrogens is 397 g/mol. The van der Waals surface area contributed by atoms with Crippen molar-refractivity contribution in [2.45, 2.75) is 25.4 Å². The van der Waals surface area contributed by atoms with E-state index in [9.17, 15) is 4.79 Å². The molecule has 28 heavy (non-hydrogen) atoms. The lowest BCUT2D eigenvalue weighted by atomic mass is 10.0. The van der Waals surface area contributed by atoms with Crippen LogP contribution >= 0.6 is 24.0 Å². The van der Waals surface area contributed by atoms with Gasteiger partial charge in [0.25, 0.3) is 5.91 Å². The molecule has 0 aromatic heterocycles. The summed E-state index contributed by atoms with van der Waals surface area (Å²) in [5.74, 6) is 0.824. The Balaban J connectivity index is 0.00000280. The van der Waals surface area contributed by atoms with Gasteiger partial charge in [-0.3, -0.25) is 9.69 Å². The molecule has 1 heterocycles. The Bertz CT molecular complexity index is 730. The van der Waals surface area contributed by atoms with Crippen molar-refractivity contribution in [2.75, 3.05) is 26.2 Å². The van der Waals surface area contributed by atoms with Gasteiger partial charge in [-0.1, -0.05) is 23.7 Å². The minimum absolute atomic E-state index is 0. The number of nitrogens with one attached hydrogen (secondary N) is 1. The van der Waals surface area contributed by atoms with Crippen LogP contribution in [0, 0.1) is 0 Å². The van der Waals surface area contributed by atoms with Gasteiger partial charge in [-0.05, 0) is 54.8 Å². The number of amides is 1. The van der Waals surface area contributed by atoms with Crippen LogP contribution in [0.4, 0.5) is 0 Å². The summed E-state index contributed by atoms with van der Waals surface area (Å²) in [5.41, 5.74) is 7.31. The van der Waals surface area contributed by atoms with Gasteiger partial charge in [0.15, 0.2) is 0 Å². The zero-order valence-corrected chi connectivity index (χ0v) is 17.3. The number of likely N-dealkylation sites (tertiary alicyclic amines) is 1. The van der Waals surface area contributed by atoms with Gasteiger partial charge >= 0.3 is 0 Å². The second kappa shape index (κ2) is 11.3. The van der Waals surface area contributed by atoms with E-state index in [2.05, 4.69) is 10.2 Å². The van der Waals surface area contributed by atoms with E-state index in [0.717, 1.165) is 43.8 Å². The van der Waals surface area contributed by atoms with Crippen LogP contribution in [-0.4, -0.2) is 43.1 Å². The lowest BCUT2D eigenvalue weighted by Gasteiger charge is -2.32. The van der Waals surface area contributed by atoms with Crippen molar-refractivity contribution in [1.82, 2.24) is 10.2 Å². The molecule has 1 saturated heterocycles. The zero-order chi connectivity index (χ0) is 19.1. The van der Waals surface area contributed by atoms with Crippen LogP contribution in [0.1, 0.15) is 28.8 Å². The number of piperidine rings is 1. The summed E-state index contributed by atoms with van der Waals surface area (Å²) in [6.07, 6.45) is 1.90. The molecule has 2 aromatic rings. The molecule has 152 valence electrons. The summed E-state index contributed by atoms with van der Waals surface area (Å²) in [5, 5.41) is 3.85. The Morgan fingerprint density at radius 2 is 1.75 bits per heavy atom. The van der Waals surface area contributed by atoms with E-state index in [1.165, 1.54) is 0 Å². The number of carbonyl (C=O) groups excluding carboxylic acids is 1. The average molecular weight is 424 g/mol. The number of halogens is 2. The third kappa shape index (κ3) is 6.67. The molecular formula is C21H27Cl2N3O2. The largest absolute Gasteiger partial charge is 0.492 e. The molecule has 1 fully saturated rings. The first kappa shape index (κ1) is 22.5. The van der Waals surface area contributed by atoms with Crippen molar-refractivity contribution in [3.8, 4) is 5.75 Å². The second-order valence-corrected chi connectivity index (χ2v) is 7.23. The molecule has 1 aliphatic heterocycles.